The largest absolute Gasteiger partial charge is 0.489 e. The fraction of sp³-hybridized carbons (Fsp3) is 0.636. The van der Waals surface area contributed by atoms with Gasteiger partial charge in [0, 0.05) is 12.6 Å². The van der Waals surface area contributed by atoms with E-state index in [9.17, 15) is 4.79 Å². The van der Waals surface area contributed by atoms with Gasteiger partial charge in [-0.15, -0.1) is 0 Å². The summed E-state index contributed by atoms with van der Waals surface area (Å²) in [5.74, 6) is 0.818. The van der Waals surface area contributed by atoms with Crippen LogP contribution < -0.4 is 20.9 Å². The molecule has 0 saturated carbocycles. The number of hydrogen-bond acceptors (Lipinski definition) is 5. The molecular formula is C11H20N4O2. The number of aromatic amines is 1. The molecule has 0 unspecified atom stereocenters. The van der Waals surface area contributed by atoms with E-state index in [0.29, 0.717) is 12.4 Å². The van der Waals surface area contributed by atoms with Crippen LogP contribution in [-0.4, -0.2) is 36.2 Å². The number of H-pyrrole nitrogens is 1. The van der Waals surface area contributed by atoms with Crippen molar-refractivity contribution in [1.29, 1.82) is 0 Å². The second-order valence-electron chi connectivity index (χ2n) is 4.02. The van der Waals surface area contributed by atoms with Crippen molar-refractivity contribution >= 4 is 5.82 Å². The van der Waals surface area contributed by atoms with Crippen LogP contribution in [0, 0.1) is 0 Å². The zero-order chi connectivity index (χ0) is 12.8. The highest BCUT2D eigenvalue weighted by Crippen LogP contribution is 2.22. The van der Waals surface area contributed by atoms with Crippen LogP contribution in [0.15, 0.2) is 11.1 Å². The standard InChI is InChI=1S/C11H20N4O2/c1-8(2)15(6-4-5-12)10-9(17-3)11(16)14-7-13-10/h7-8H,4-6,12H2,1-3H3,(H,13,14,16). The monoisotopic (exact) mass is 240 g/mol. The lowest BCUT2D eigenvalue weighted by Gasteiger charge is -2.28. The molecule has 6 heteroatoms. The van der Waals surface area contributed by atoms with Crippen molar-refractivity contribution in [3.63, 3.8) is 0 Å². The van der Waals surface area contributed by atoms with Gasteiger partial charge in [-0.3, -0.25) is 4.79 Å². The van der Waals surface area contributed by atoms with Gasteiger partial charge in [-0.05, 0) is 26.8 Å². The van der Waals surface area contributed by atoms with Gasteiger partial charge in [0.25, 0.3) is 5.56 Å². The molecule has 3 N–H and O–H groups in total. The molecule has 0 aliphatic carbocycles. The number of aromatic nitrogens is 2. The molecule has 0 aliphatic rings. The van der Waals surface area contributed by atoms with Crippen molar-refractivity contribution < 1.29 is 4.74 Å². The van der Waals surface area contributed by atoms with E-state index in [1.165, 1.54) is 13.4 Å². The number of methoxy groups -OCH3 is 1. The third-order valence-electron chi connectivity index (χ3n) is 2.49. The maximum Gasteiger partial charge on any atom is 0.295 e. The van der Waals surface area contributed by atoms with Crippen LogP contribution in [-0.2, 0) is 0 Å². The molecule has 0 saturated heterocycles. The Morgan fingerprint density at radius 2 is 2.29 bits per heavy atom. The molecule has 0 amide bonds. The van der Waals surface area contributed by atoms with E-state index in [1.54, 1.807) is 0 Å². The van der Waals surface area contributed by atoms with Crippen molar-refractivity contribution in [2.75, 3.05) is 25.1 Å². The predicted octanol–water partition coefficient (Wildman–Crippen LogP) is 0.342. The predicted molar refractivity (Wildman–Crippen MR) is 67.6 cm³/mol. The van der Waals surface area contributed by atoms with Crippen LogP contribution in [0.5, 0.6) is 5.75 Å². The Morgan fingerprint density at radius 1 is 1.59 bits per heavy atom. The Morgan fingerprint density at radius 3 is 2.82 bits per heavy atom. The average molecular weight is 240 g/mol. The average Bonchev–Trinajstić information content (AvgIpc) is 2.29. The van der Waals surface area contributed by atoms with E-state index >= 15 is 0 Å². The van der Waals surface area contributed by atoms with Gasteiger partial charge in [0.05, 0.1) is 13.4 Å². The van der Waals surface area contributed by atoms with Crippen LogP contribution in [0.25, 0.3) is 0 Å². The molecular weight excluding hydrogens is 220 g/mol. The van der Waals surface area contributed by atoms with Crippen molar-refractivity contribution in [2.45, 2.75) is 26.3 Å². The van der Waals surface area contributed by atoms with Gasteiger partial charge >= 0.3 is 0 Å². The Balaban J connectivity index is 3.09. The SMILES string of the molecule is COc1c(N(CCCN)C(C)C)nc[nH]c1=O. The third-order valence-corrected chi connectivity index (χ3v) is 2.49. The molecule has 1 heterocycles. The maximum atomic E-state index is 11.6. The summed E-state index contributed by atoms with van der Waals surface area (Å²) in [6.07, 6.45) is 2.23. The van der Waals surface area contributed by atoms with E-state index in [2.05, 4.69) is 9.97 Å². The molecule has 1 rings (SSSR count). The van der Waals surface area contributed by atoms with Gasteiger partial charge in [-0.2, -0.15) is 0 Å². The first-order valence-electron chi connectivity index (χ1n) is 5.70. The summed E-state index contributed by atoms with van der Waals surface area (Å²) in [4.78, 5) is 20.3. The number of nitrogens with zero attached hydrogens (tertiary/aromatic N) is 2. The number of nitrogens with two attached hydrogens (primary N) is 1. The van der Waals surface area contributed by atoms with E-state index < -0.39 is 0 Å². The Hall–Kier alpha value is -1.56. The van der Waals surface area contributed by atoms with E-state index in [4.69, 9.17) is 10.5 Å². The van der Waals surface area contributed by atoms with Crippen LogP contribution in [0.4, 0.5) is 5.82 Å². The second kappa shape index (κ2) is 6.24. The Kier molecular flexibility index (Phi) is 4.96. The Labute approximate surface area is 101 Å². The zero-order valence-corrected chi connectivity index (χ0v) is 10.6. The minimum atomic E-state index is -0.268. The smallest absolute Gasteiger partial charge is 0.295 e. The molecule has 0 radical (unpaired) electrons. The van der Waals surface area contributed by atoms with Crippen LogP contribution >= 0.6 is 0 Å². The summed E-state index contributed by atoms with van der Waals surface area (Å²) < 4.78 is 5.11. The fourth-order valence-corrected chi connectivity index (χ4v) is 1.64. The molecule has 1 aromatic rings. The Bertz CT molecular complexity index is 403. The summed E-state index contributed by atoms with van der Waals surface area (Å²) in [6.45, 7) is 5.44. The number of rotatable bonds is 6. The highest BCUT2D eigenvalue weighted by Gasteiger charge is 2.18. The first-order chi connectivity index (χ1) is 8.11. The zero-order valence-electron chi connectivity index (χ0n) is 10.6. The van der Waals surface area contributed by atoms with Crippen molar-refractivity contribution in [3.05, 3.63) is 16.7 Å². The summed E-state index contributed by atoms with van der Waals surface area (Å²) in [7, 11) is 1.47. The van der Waals surface area contributed by atoms with Crippen molar-refractivity contribution in [1.82, 2.24) is 9.97 Å². The first-order valence-corrected chi connectivity index (χ1v) is 5.70. The van der Waals surface area contributed by atoms with Gasteiger partial charge in [0.1, 0.15) is 0 Å². The van der Waals surface area contributed by atoms with Crippen LogP contribution in [0.1, 0.15) is 20.3 Å². The number of nitrogens with one attached hydrogen (secondary N) is 1. The topological polar surface area (TPSA) is 84.2 Å². The van der Waals surface area contributed by atoms with Crippen molar-refractivity contribution in [3.8, 4) is 5.75 Å². The molecule has 0 fully saturated rings. The quantitative estimate of drug-likeness (QED) is 0.749. The van der Waals surface area contributed by atoms with Crippen molar-refractivity contribution in [2.24, 2.45) is 5.73 Å². The molecule has 6 nitrogen and oxygen atoms in total. The number of hydrogen-bond donors (Lipinski definition) is 2. The minimum absolute atomic E-state index is 0.227. The van der Waals surface area contributed by atoms with E-state index in [1.807, 2.05) is 18.7 Å². The lowest BCUT2D eigenvalue weighted by atomic mass is 10.2. The molecule has 0 atom stereocenters. The number of ether oxygens (including phenoxy) is 1. The lowest BCUT2D eigenvalue weighted by Crippen LogP contribution is -2.35. The normalized spacial score (nSPS) is 10.6. The van der Waals surface area contributed by atoms with E-state index in [-0.39, 0.29) is 17.4 Å². The lowest BCUT2D eigenvalue weighted by molar-refractivity contribution is 0.404. The third kappa shape index (κ3) is 3.20. The van der Waals surface area contributed by atoms with Crippen LogP contribution in [0.2, 0.25) is 0 Å². The number of anilines is 1. The second-order valence-corrected chi connectivity index (χ2v) is 4.02. The summed E-state index contributed by atoms with van der Waals surface area (Å²) in [6, 6.07) is 0.227. The molecule has 0 spiro atoms. The highest BCUT2D eigenvalue weighted by atomic mass is 16.5. The minimum Gasteiger partial charge on any atom is -0.489 e. The van der Waals surface area contributed by atoms with Gasteiger partial charge < -0.3 is 20.4 Å². The summed E-state index contributed by atoms with van der Waals surface area (Å²) in [5.41, 5.74) is 5.24. The van der Waals surface area contributed by atoms with Gasteiger partial charge in [0.15, 0.2) is 5.82 Å². The van der Waals surface area contributed by atoms with Crippen LogP contribution in [0.3, 0.4) is 0 Å². The molecule has 0 bridgehead atoms. The fourth-order valence-electron chi connectivity index (χ4n) is 1.64. The first kappa shape index (κ1) is 13.5. The molecule has 1 aromatic heterocycles. The maximum absolute atomic E-state index is 11.6. The highest BCUT2D eigenvalue weighted by molar-refractivity contribution is 5.51. The van der Waals surface area contributed by atoms with E-state index in [0.717, 1.165) is 13.0 Å². The summed E-state index contributed by atoms with van der Waals surface area (Å²) >= 11 is 0. The molecule has 17 heavy (non-hydrogen) atoms. The van der Waals surface area contributed by atoms with Gasteiger partial charge in [0.2, 0.25) is 5.75 Å². The molecule has 0 aromatic carbocycles. The molecule has 96 valence electrons. The van der Waals surface area contributed by atoms with Gasteiger partial charge in [-0.1, -0.05) is 0 Å². The summed E-state index contributed by atoms with van der Waals surface area (Å²) in [5, 5.41) is 0. The van der Waals surface area contributed by atoms with Gasteiger partial charge in [-0.25, -0.2) is 4.98 Å². The molecule has 0 aliphatic heterocycles.